The second kappa shape index (κ2) is 4.73. The first-order chi connectivity index (χ1) is 4.95. The van der Waals surface area contributed by atoms with Crippen LogP contribution in [0.1, 0.15) is 40.5 Å². The molecule has 2 nitrogen and oxygen atoms in total. The molecule has 0 rings (SSSR count). The van der Waals surface area contributed by atoms with E-state index in [-0.39, 0.29) is 5.54 Å². The van der Waals surface area contributed by atoms with E-state index in [4.69, 9.17) is 0 Å². The topological polar surface area (TPSA) is 15.3 Å². The molecule has 0 aliphatic heterocycles. The molecule has 0 aromatic heterocycles. The van der Waals surface area contributed by atoms with Crippen molar-refractivity contribution in [3.63, 3.8) is 0 Å². The first-order valence-corrected chi connectivity index (χ1v) is 4.44. The van der Waals surface area contributed by atoms with Crippen LogP contribution in [0.5, 0.6) is 0 Å². The molecular formula is C9H22N2. The Bertz CT molecular complexity index is 94.2. The normalized spacial score (nSPS) is 12.5. The van der Waals surface area contributed by atoms with Crippen LogP contribution < -0.4 is 5.43 Å². The first kappa shape index (κ1) is 10.9. The molecule has 0 unspecified atom stereocenters. The third-order valence-electron chi connectivity index (χ3n) is 1.37. The summed E-state index contributed by atoms with van der Waals surface area (Å²) in [5, 5.41) is 2.17. The van der Waals surface area contributed by atoms with Crippen molar-refractivity contribution < 1.29 is 0 Å². The summed E-state index contributed by atoms with van der Waals surface area (Å²) in [6.07, 6.45) is 2.52. The molecule has 0 heterocycles. The van der Waals surface area contributed by atoms with Crippen molar-refractivity contribution in [3.8, 4) is 0 Å². The highest BCUT2D eigenvalue weighted by Crippen LogP contribution is 2.00. The minimum atomic E-state index is 0.197. The molecule has 68 valence electrons. The number of hydrogen-bond donors (Lipinski definition) is 1. The summed E-state index contributed by atoms with van der Waals surface area (Å²) in [6.45, 7) is 9.87. The predicted octanol–water partition coefficient (Wildman–Crippen LogP) is 2.02. The van der Waals surface area contributed by atoms with E-state index in [1.165, 1.54) is 12.8 Å². The molecule has 0 saturated heterocycles. The molecule has 0 amide bonds. The van der Waals surface area contributed by atoms with Crippen molar-refractivity contribution in [2.75, 3.05) is 13.6 Å². The monoisotopic (exact) mass is 158 g/mol. The average molecular weight is 158 g/mol. The van der Waals surface area contributed by atoms with Crippen molar-refractivity contribution >= 4 is 0 Å². The number of rotatable bonds is 4. The second-order valence-electron chi connectivity index (χ2n) is 4.14. The van der Waals surface area contributed by atoms with Gasteiger partial charge in [0.15, 0.2) is 0 Å². The lowest BCUT2D eigenvalue weighted by molar-refractivity contribution is 0.160. The van der Waals surface area contributed by atoms with E-state index in [0.29, 0.717) is 0 Å². The van der Waals surface area contributed by atoms with Crippen LogP contribution >= 0.6 is 0 Å². The van der Waals surface area contributed by atoms with Gasteiger partial charge >= 0.3 is 0 Å². The van der Waals surface area contributed by atoms with Gasteiger partial charge < -0.3 is 0 Å². The Labute approximate surface area is 70.9 Å². The zero-order valence-electron chi connectivity index (χ0n) is 8.57. The smallest absolute Gasteiger partial charge is 0.0241 e. The van der Waals surface area contributed by atoms with E-state index >= 15 is 0 Å². The Morgan fingerprint density at radius 1 is 1.27 bits per heavy atom. The zero-order valence-corrected chi connectivity index (χ0v) is 8.57. The van der Waals surface area contributed by atoms with Gasteiger partial charge in [-0.25, -0.2) is 5.01 Å². The fourth-order valence-corrected chi connectivity index (χ4v) is 1.02. The Kier molecular flexibility index (Phi) is 4.69. The SMILES string of the molecule is CCCCN(C)NC(C)(C)C. The molecule has 0 aromatic rings. The molecule has 0 atom stereocenters. The zero-order chi connectivity index (χ0) is 8.91. The average Bonchev–Trinajstić information content (AvgIpc) is 1.79. The third-order valence-corrected chi connectivity index (χ3v) is 1.37. The summed E-state index contributed by atoms with van der Waals surface area (Å²) in [5.74, 6) is 0. The van der Waals surface area contributed by atoms with Crippen LogP contribution in [-0.4, -0.2) is 24.1 Å². The van der Waals surface area contributed by atoms with E-state index in [2.05, 4.69) is 45.2 Å². The Morgan fingerprint density at radius 2 is 1.82 bits per heavy atom. The standard InChI is InChI=1S/C9H22N2/c1-6-7-8-11(5)10-9(2,3)4/h10H,6-8H2,1-5H3. The first-order valence-electron chi connectivity index (χ1n) is 4.44. The van der Waals surface area contributed by atoms with E-state index < -0.39 is 0 Å². The van der Waals surface area contributed by atoms with Gasteiger partial charge in [0.2, 0.25) is 0 Å². The molecule has 0 bridgehead atoms. The molecule has 0 fully saturated rings. The summed E-state index contributed by atoms with van der Waals surface area (Å²) in [6, 6.07) is 0. The molecule has 1 N–H and O–H groups in total. The highest BCUT2D eigenvalue weighted by atomic mass is 15.5. The number of unbranched alkanes of at least 4 members (excludes halogenated alkanes) is 1. The summed E-state index contributed by atoms with van der Waals surface area (Å²) in [4.78, 5) is 0. The van der Waals surface area contributed by atoms with E-state index in [0.717, 1.165) is 6.54 Å². The van der Waals surface area contributed by atoms with Gasteiger partial charge in [0.1, 0.15) is 0 Å². The Balaban J connectivity index is 3.44. The van der Waals surface area contributed by atoms with Crippen LogP contribution in [0.2, 0.25) is 0 Å². The molecule has 0 radical (unpaired) electrons. The maximum atomic E-state index is 3.39. The molecule has 0 aliphatic rings. The molecule has 0 aromatic carbocycles. The fraction of sp³-hybridized carbons (Fsp3) is 1.00. The van der Waals surface area contributed by atoms with Crippen molar-refractivity contribution in [2.45, 2.75) is 46.1 Å². The molecular weight excluding hydrogens is 136 g/mol. The fourth-order valence-electron chi connectivity index (χ4n) is 1.02. The molecule has 0 spiro atoms. The van der Waals surface area contributed by atoms with Gasteiger partial charge in [-0.2, -0.15) is 0 Å². The highest BCUT2D eigenvalue weighted by Gasteiger charge is 2.10. The van der Waals surface area contributed by atoms with Gasteiger partial charge in [0, 0.05) is 19.1 Å². The maximum Gasteiger partial charge on any atom is 0.0241 e. The van der Waals surface area contributed by atoms with Gasteiger partial charge in [0.05, 0.1) is 0 Å². The number of nitrogens with one attached hydrogen (secondary N) is 1. The lowest BCUT2D eigenvalue weighted by atomic mass is 10.1. The summed E-state index contributed by atoms with van der Waals surface area (Å²) in [5.41, 5.74) is 3.58. The van der Waals surface area contributed by atoms with Crippen molar-refractivity contribution in [1.29, 1.82) is 0 Å². The Hall–Kier alpha value is -0.0800. The minimum Gasteiger partial charge on any atom is -0.250 e. The van der Waals surface area contributed by atoms with Crippen LogP contribution in [0.4, 0.5) is 0 Å². The molecule has 11 heavy (non-hydrogen) atoms. The quantitative estimate of drug-likeness (QED) is 0.630. The summed E-state index contributed by atoms with van der Waals surface area (Å²) in [7, 11) is 2.10. The lowest BCUT2D eigenvalue weighted by Gasteiger charge is -2.28. The largest absolute Gasteiger partial charge is 0.250 e. The number of hydrazine groups is 1. The summed E-state index contributed by atoms with van der Waals surface area (Å²) >= 11 is 0. The lowest BCUT2D eigenvalue weighted by Crippen LogP contribution is -2.47. The highest BCUT2D eigenvalue weighted by molar-refractivity contribution is 4.67. The minimum absolute atomic E-state index is 0.197. The van der Waals surface area contributed by atoms with Gasteiger partial charge in [-0.1, -0.05) is 13.3 Å². The number of nitrogens with zero attached hydrogens (tertiary/aromatic N) is 1. The number of hydrogen-bond acceptors (Lipinski definition) is 2. The van der Waals surface area contributed by atoms with Gasteiger partial charge in [-0.15, -0.1) is 0 Å². The van der Waals surface area contributed by atoms with Crippen LogP contribution in [0.3, 0.4) is 0 Å². The molecule has 2 heteroatoms. The van der Waals surface area contributed by atoms with Crippen LogP contribution in [-0.2, 0) is 0 Å². The van der Waals surface area contributed by atoms with E-state index in [1.54, 1.807) is 0 Å². The van der Waals surface area contributed by atoms with Crippen molar-refractivity contribution in [2.24, 2.45) is 0 Å². The van der Waals surface area contributed by atoms with Crippen LogP contribution in [0.15, 0.2) is 0 Å². The Morgan fingerprint density at radius 3 is 2.18 bits per heavy atom. The maximum absolute atomic E-state index is 3.39. The van der Waals surface area contributed by atoms with Crippen LogP contribution in [0, 0.1) is 0 Å². The molecule has 0 saturated carbocycles. The van der Waals surface area contributed by atoms with Crippen molar-refractivity contribution in [1.82, 2.24) is 10.4 Å². The van der Waals surface area contributed by atoms with Gasteiger partial charge in [0.25, 0.3) is 0 Å². The summed E-state index contributed by atoms with van der Waals surface area (Å²) < 4.78 is 0. The van der Waals surface area contributed by atoms with Crippen LogP contribution in [0.25, 0.3) is 0 Å². The van der Waals surface area contributed by atoms with E-state index in [9.17, 15) is 0 Å². The third kappa shape index (κ3) is 7.82. The molecule has 0 aliphatic carbocycles. The van der Waals surface area contributed by atoms with Crippen molar-refractivity contribution in [3.05, 3.63) is 0 Å². The second-order valence-corrected chi connectivity index (χ2v) is 4.14. The van der Waals surface area contributed by atoms with Gasteiger partial charge in [-0.05, 0) is 27.2 Å². The van der Waals surface area contributed by atoms with Gasteiger partial charge in [-0.3, -0.25) is 5.43 Å². The predicted molar refractivity (Wildman–Crippen MR) is 50.4 cm³/mol. The van der Waals surface area contributed by atoms with E-state index in [1.807, 2.05) is 0 Å².